The van der Waals surface area contributed by atoms with E-state index in [4.69, 9.17) is 0 Å². The summed E-state index contributed by atoms with van der Waals surface area (Å²) in [6, 6.07) is 8.72. The van der Waals surface area contributed by atoms with Gasteiger partial charge in [-0.25, -0.2) is 0 Å². The van der Waals surface area contributed by atoms with Crippen molar-refractivity contribution in [3.05, 3.63) is 35.4 Å². The summed E-state index contributed by atoms with van der Waals surface area (Å²) in [4.78, 5) is 12.0. The number of benzene rings is 1. The van der Waals surface area contributed by atoms with E-state index in [-0.39, 0.29) is 5.92 Å². The molecule has 0 heterocycles. The van der Waals surface area contributed by atoms with Gasteiger partial charge in [-0.15, -0.1) is 0 Å². The van der Waals surface area contributed by atoms with Gasteiger partial charge in [-0.2, -0.15) is 0 Å². The van der Waals surface area contributed by atoms with Crippen molar-refractivity contribution in [1.29, 1.82) is 0 Å². The summed E-state index contributed by atoms with van der Waals surface area (Å²) in [5.74, 6) is 1.91. The Bertz CT molecular complexity index is 443. The summed E-state index contributed by atoms with van der Waals surface area (Å²) in [5.41, 5.74) is 2.90. The van der Waals surface area contributed by atoms with Crippen LogP contribution in [0, 0.1) is 11.8 Å². The number of Topliss-reactive ketones (excluding diaryl/α,β-unsaturated/α-hetero) is 1. The minimum Gasteiger partial charge on any atom is -0.300 e. The largest absolute Gasteiger partial charge is 0.300 e. The van der Waals surface area contributed by atoms with Crippen molar-refractivity contribution in [3.8, 4) is 0 Å². The molecule has 2 unspecified atom stereocenters. The average molecular weight is 242 g/mol. The van der Waals surface area contributed by atoms with Crippen molar-refractivity contribution >= 4 is 5.78 Å². The topological polar surface area (TPSA) is 17.1 Å². The monoisotopic (exact) mass is 242 g/mol. The number of fused-ring (bicyclic) bond motifs is 1. The molecule has 0 radical (unpaired) electrons. The summed E-state index contributed by atoms with van der Waals surface area (Å²) in [6.07, 6.45) is 7.72. The van der Waals surface area contributed by atoms with Crippen molar-refractivity contribution in [3.63, 3.8) is 0 Å². The molecule has 2 atom stereocenters. The number of hydrogen-bond acceptors (Lipinski definition) is 1. The zero-order chi connectivity index (χ0) is 12.5. The van der Waals surface area contributed by atoms with Crippen molar-refractivity contribution in [2.75, 3.05) is 0 Å². The quantitative estimate of drug-likeness (QED) is 0.762. The molecular weight excluding hydrogens is 220 g/mol. The van der Waals surface area contributed by atoms with Crippen molar-refractivity contribution < 1.29 is 4.79 Å². The molecule has 1 aromatic carbocycles. The van der Waals surface area contributed by atoms with Crippen LogP contribution in [-0.4, -0.2) is 5.78 Å². The van der Waals surface area contributed by atoms with E-state index in [0.29, 0.717) is 11.7 Å². The molecule has 1 nitrogen and oxygen atoms in total. The van der Waals surface area contributed by atoms with E-state index in [9.17, 15) is 4.79 Å². The summed E-state index contributed by atoms with van der Waals surface area (Å²) < 4.78 is 0. The molecule has 0 N–H and O–H groups in total. The van der Waals surface area contributed by atoms with Crippen LogP contribution in [-0.2, 0) is 11.2 Å². The van der Waals surface area contributed by atoms with Gasteiger partial charge in [-0.05, 0) is 49.1 Å². The van der Waals surface area contributed by atoms with Crippen LogP contribution in [0.3, 0.4) is 0 Å². The van der Waals surface area contributed by atoms with Gasteiger partial charge in [0.05, 0.1) is 0 Å². The number of carbonyl (C=O) groups is 1. The molecule has 1 aromatic rings. The lowest BCUT2D eigenvalue weighted by Crippen LogP contribution is -2.25. The molecule has 1 fully saturated rings. The molecule has 0 aromatic heterocycles. The van der Waals surface area contributed by atoms with E-state index < -0.39 is 0 Å². The van der Waals surface area contributed by atoms with Gasteiger partial charge in [0.2, 0.25) is 0 Å². The average Bonchev–Trinajstić information content (AvgIpc) is 2.79. The molecule has 96 valence electrons. The smallest absolute Gasteiger partial charge is 0.133 e. The van der Waals surface area contributed by atoms with Gasteiger partial charge in [0.25, 0.3) is 0 Å². The lowest BCUT2D eigenvalue weighted by atomic mass is 9.73. The molecular formula is C17H22O. The Morgan fingerprint density at radius 1 is 1.11 bits per heavy atom. The van der Waals surface area contributed by atoms with E-state index in [1.165, 1.54) is 43.2 Å². The van der Waals surface area contributed by atoms with E-state index in [1.807, 2.05) is 0 Å². The molecule has 3 rings (SSSR count). The molecule has 18 heavy (non-hydrogen) atoms. The highest BCUT2D eigenvalue weighted by atomic mass is 16.1. The number of carbonyl (C=O) groups excluding carboxylic acids is 1. The lowest BCUT2D eigenvalue weighted by molar-refractivity contribution is -0.121. The van der Waals surface area contributed by atoms with Crippen LogP contribution >= 0.6 is 0 Å². The van der Waals surface area contributed by atoms with Crippen LogP contribution in [0.4, 0.5) is 0 Å². The second-order valence-corrected chi connectivity index (χ2v) is 6.04. The third-order valence-corrected chi connectivity index (χ3v) is 4.97. The maximum atomic E-state index is 12.0. The van der Waals surface area contributed by atoms with E-state index in [2.05, 4.69) is 24.3 Å². The maximum Gasteiger partial charge on any atom is 0.133 e. The predicted molar refractivity (Wildman–Crippen MR) is 73.6 cm³/mol. The van der Waals surface area contributed by atoms with Gasteiger partial charge < -0.3 is 0 Å². The Hall–Kier alpha value is -1.11. The second-order valence-electron chi connectivity index (χ2n) is 6.04. The molecule has 1 saturated carbocycles. The molecule has 0 aliphatic heterocycles. The first-order chi connectivity index (χ1) is 8.77. The van der Waals surface area contributed by atoms with E-state index in [0.717, 1.165) is 12.3 Å². The molecule has 2 aliphatic rings. The van der Waals surface area contributed by atoms with E-state index >= 15 is 0 Å². The summed E-state index contributed by atoms with van der Waals surface area (Å²) >= 11 is 0. The van der Waals surface area contributed by atoms with Gasteiger partial charge in [0.1, 0.15) is 5.78 Å². The second kappa shape index (κ2) is 4.87. The van der Waals surface area contributed by atoms with Gasteiger partial charge in [0, 0.05) is 5.92 Å². The summed E-state index contributed by atoms with van der Waals surface area (Å²) in [7, 11) is 0. The third-order valence-electron chi connectivity index (χ3n) is 4.97. The standard InChI is InChI=1S/C17H22O/c1-12(18)16-11-14-9-5-6-10-15(14)17(16)13-7-3-2-4-8-13/h5-6,9-10,13,16-17H,2-4,7-8,11H2,1H3. The van der Waals surface area contributed by atoms with Crippen LogP contribution in [0.1, 0.15) is 56.1 Å². The Labute approximate surface area is 110 Å². The summed E-state index contributed by atoms with van der Waals surface area (Å²) in [5, 5.41) is 0. The van der Waals surface area contributed by atoms with Gasteiger partial charge in [-0.1, -0.05) is 43.5 Å². The zero-order valence-electron chi connectivity index (χ0n) is 11.2. The minimum absolute atomic E-state index is 0.255. The lowest BCUT2D eigenvalue weighted by Gasteiger charge is -2.31. The highest BCUT2D eigenvalue weighted by Gasteiger charge is 2.39. The molecule has 0 spiro atoms. The fourth-order valence-electron chi connectivity index (χ4n) is 4.10. The van der Waals surface area contributed by atoms with Gasteiger partial charge >= 0.3 is 0 Å². The highest BCUT2D eigenvalue weighted by molar-refractivity contribution is 5.81. The third kappa shape index (κ3) is 2.00. The Balaban J connectivity index is 1.94. The van der Waals surface area contributed by atoms with Gasteiger partial charge in [0.15, 0.2) is 0 Å². The van der Waals surface area contributed by atoms with Crippen LogP contribution in [0.15, 0.2) is 24.3 Å². The number of ketones is 1. The highest BCUT2D eigenvalue weighted by Crippen LogP contribution is 2.47. The molecule has 0 amide bonds. The maximum absolute atomic E-state index is 12.0. The van der Waals surface area contributed by atoms with Gasteiger partial charge in [-0.3, -0.25) is 4.79 Å². The molecule has 0 bridgehead atoms. The van der Waals surface area contributed by atoms with Crippen LogP contribution in [0.5, 0.6) is 0 Å². The number of rotatable bonds is 2. The van der Waals surface area contributed by atoms with E-state index in [1.54, 1.807) is 6.92 Å². The van der Waals surface area contributed by atoms with Crippen LogP contribution in [0.25, 0.3) is 0 Å². The zero-order valence-corrected chi connectivity index (χ0v) is 11.2. The minimum atomic E-state index is 0.255. The first-order valence-corrected chi connectivity index (χ1v) is 7.35. The first-order valence-electron chi connectivity index (χ1n) is 7.35. The fraction of sp³-hybridized carbons (Fsp3) is 0.588. The first kappa shape index (κ1) is 12.0. The van der Waals surface area contributed by atoms with Crippen molar-refractivity contribution in [1.82, 2.24) is 0 Å². The SMILES string of the molecule is CC(=O)C1Cc2ccccc2C1C1CCCCC1. The summed E-state index contributed by atoms with van der Waals surface area (Å²) in [6.45, 7) is 1.78. The normalized spacial score (nSPS) is 28.1. The Kier molecular flexibility index (Phi) is 3.23. The van der Waals surface area contributed by atoms with Crippen molar-refractivity contribution in [2.45, 2.75) is 51.4 Å². The molecule has 0 saturated heterocycles. The van der Waals surface area contributed by atoms with Crippen molar-refractivity contribution in [2.24, 2.45) is 11.8 Å². The fourth-order valence-corrected chi connectivity index (χ4v) is 4.10. The Morgan fingerprint density at radius 3 is 2.56 bits per heavy atom. The predicted octanol–water partition coefficient (Wildman–Crippen LogP) is 4.11. The molecule has 1 heteroatoms. The van der Waals surface area contributed by atoms with Crippen LogP contribution in [0.2, 0.25) is 0 Å². The molecule has 2 aliphatic carbocycles. The van der Waals surface area contributed by atoms with Crippen LogP contribution < -0.4 is 0 Å². The Morgan fingerprint density at radius 2 is 1.83 bits per heavy atom. The number of hydrogen-bond donors (Lipinski definition) is 0.